The predicted octanol–water partition coefficient (Wildman–Crippen LogP) is 3.68. The summed E-state index contributed by atoms with van der Waals surface area (Å²) in [7, 11) is 0. The zero-order chi connectivity index (χ0) is 22.0. The SMILES string of the molecule is C=Cn1cc(CN2CCC(C[C@H]3CC(c4ccccc4F)=NO3)(C(=O)O)CC2)c(C)n1. The van der Waals surface area contributed by atoms with Gasteiger partial charge in [0.2, 0.25) is 0 Å². The molecule has 0 spiro atoms. The molecule has 1 fully saturated rings. The topological polar surface area (TPSA) is 80.0 Å². The van der Waals surface area contributed by atoms with Gasteiger partial charge in [0.1, 0.15) is 11.9 Å². The van der Waals surface area contributed by atoms with E-state index in [1.54, 1.807) is 29.1 Å². The number of carbonyl (C=O) groups is 1. The fourth-order valence-corrected chi connectivity index (χ4v) is 4.48. The number of rotatable bonds is 7. The highest BCUT2D eigenvalue weighted by atomic mass is 19.1. The van der Waals surface area contributed by atoms with E-state index in [1.807, 2.05) is 13.1 Å². The van der Waals surface area contributed by atoms with E-state index in [9.17, 15) is 14.3 Å². The van der Waals surface area contributed by atoms with E-state index in [1.165, 1.54) is 6.07 Å². The van der Waals surface area contributed by atoms with E-state index >= 15 is 0 Å². The van der Waals surface area contributed by atoms with Crippen LogP contribution < -0.4 is 0 Å². The average Bonchev–Trinajstić information content (AvgIpc) is 3.36. The van der Waals surface area contributed by atoms with Crippen molar-refractivity contribution < 1.29 is 19.1 Å². The van der Waals surface area contributed by atoms with Crippen molar-refractivity contribution in [2.45, 2.75) is 45.3 Å². The van der Waals surface area contributed by atoms with Gasteiger partial charge in [-0.2, -0.15) is 5.10 Å². The van der Waals surface area contributed by atoms with Crippen LogP contribution in [-0.2, 0) is 16.2 Å². The van der Waals surface area contributed by atoms with E-state index in [-0.39, 0.29) is 11.9 Å². The van der Waals surface area contributed by atoms with E-state index < -0.39 is 11.4 Å². The first kappa shape index (κ1) is 21.2. The Balaban J connectivity index is 1.37. The Morgan fingerprint density at radius 2 is 2.13 bits per heavy atom. The quantitative estimate of drug-likeness (QED) is 0.731. The summed E-state index contributed by atoms with van der Waals surface area (Å²) in [5.41, 5.74) is 2.16. The Bertz CT molecular complexity index is 1010. The van der Waals surface area contributed by atoms with Gasteiger partial charge in [0.05, 0.1) is 16.8 Å². The van der Waals surface area contributed by atoms with Gasteiger partial charge in [0.25, 0.3) is 0 Å². The van der Waals surface area contributed by atoms with E-state index in [2.05, 4.69) is 21.7 Å². The zero-order valence-corrected chi connectivity index (χ0v) is 17.6. The van der Waals surface area contributed by atoms with Crippen LogP contribution >= 0.6 is 0 Å². The molecule has 0 bridgehead atoms. The molecule has 0 saturated carbocycles. The molecule has 8 heteroatoms. The van der Waals surface area contributed by atoms with Crippen molar-refractivity contribution in [3.05, 3.63) is 59.7 Å². The van der Waals surface area contributed by atoms with Gasteiger partial charge in [-0.1, -0.05) is 29.9 Å². The van der Waals surface area contributed by atoms with Crippen LogP contribution in [0, 0.1) is 18.2 Å². The Hall–Kier alpha value is -3.00. The number of carboxylic acids is 1. The van der Waals surface area contributed by atoms with Crippen LogP contribution in [0.5, 0.6) is 0 Å². The van der Waals surface area contributed by atoms with E-state index in [4.69, 9.17) is 4.84 Å². The number of oxime groups is 1. The number of aliphatic carboxylic acids is 1. The number of likely N-dealkylation sites (tertiary alicyclic amines) is 1. The molecule has 1 saturated heterocycles. The van der Waals surface area contributed by atoms with Crippen molar-refractivity contribution in [2.24, 2.45) is 10.6 Å². The van der Waals surface area contributed by atoms with Crippen LogP contribution in [0.3, 0.4) is 0 Å². The minimum Gasteiger partial charge on any atom is -0.481 e. The van der Waals surface area contributed by atoms with Gasteiger partial charge < -0.3 is 9.94 Å². The molecule has 1 atom stereocenters. The summed E-state index contributed by atoms with van der Waals surface area (Å²) in [4.78, 5) is 20.0. The van der Waals surface area contributed by atoms with Crippen LogP contribution in [0.15, 0.2) is 42.2 Å². The van der Waals surface area contributed by atoms with Crippen LogP contribution in [-0.4, -0.2) is 50.7 Å². The maximum atomic E-state index is 14.1. The molecular weight excluding hydrogens is 399 g/mol. The Morgan fingerprint density at radius 1 is 1.39 bits per heavy atom. The third-order valence-corrected chi connectivity index (χ3v) is 6.40. The van der Waals surface area contributed by atoms with Gasteiger partial charge in [-0.05, 0) is 38.9 Å². The molecule has 0 unspecified atom stereocenters. The fourth-order valence-electron chi connectivity index (χ4n) is 4.48. The summed E-state index contributed by atoms with van der Waals surface area (Å²) in [5, 5.41) is 18.5. The number of aromatic nitrogens is 2. The molecule has 7 nitrogen and oxygen atoms in total. The molecule has 31 heavy (non-hydrogen) atoms. The van der Waals surface area contributed by atoms with Crippen molar-refractivity contribution in [3.63, 3.8) is 0 Å². The summed E-state index contributed by atoms with van der Waals surface area (Å²) >= 11 is 0. The number of hydrogen-bond acceptors (Lipinski definition) is 5. The molecule has 1 N–H and O–H groups in total. The van der Waals surface area contributed by atoms with E-state index in [0.29, 0.717) is 50.0 Å². The lowest BCUT2D eigenvalue weighted by atomic mass is 9.73. The summed E-state index contributed by atoms with van der Waals surface area (Å²) < 4.78 is 15.8. The molecule has 2 aromatic rings. The molecule has 2 aliphatic rings. The number of nitrogens with zero attached hydrogens (tertiary/aromatic N) is 4. The summed E-state index contributed by atoms with van der Waals surface area (Å²) in [6.07, 6.45) is 5.10. The summed E-state index contributed by atoms with van der Waals surface area (Å²) in [6.45, 7) is 7.78. The minimum absolute atomic E-state index is 0.346. The Kier molecular flexibility index (Phi) is 5.91. The first-order chi connectivity index (χ1) is 14.9. The molecule has 0 radical (unpaired) electrons. The van der Waals surface area contributed by atoms with E-state index in [0.717, 1.165) is 17.8 Å². The monoisotopic (exact) mass is 426 g/mol. The lowest BCUT2D eigenvalue weighted by Crippen LogP contribution is -2.45. The highest BCUT2D eigenvalue weighted by Gasteiger charge is 2.45. The predicted molar refractivity (Wildman–Crippen MR) is 115 cm³/mol. The fraction of sp³-hybridized carbons (Fsp3) is 0.435. The second-order valence-corrected chi connectivity index (χ2v) is 8.42. The van der Waals surface area contributed by atoms with Crippen molar-refractivity contribution in [3.8, 4) is 0 Å². The molecule has 4 rings (SSSR count). The highest BCUT2D eigenvalue weighted by molar-refractivity contribution is 6.01. The first-order valence-corrected chi connectivity index (χ1v) is 10.5. The van der Waals surface area contributed by atoms with Gasteiger partial charge in [0, 0.05) is 42.9 Å². The maximum absolute atomic E-state index is 14.1. The third-order valence-electron chi connectivity index (χ3n) is 6.40. The molecule has 3 heterocycles. The maximum Gasteiger partial charge on any atom is 0.309 e. The van der Waals surface area contributed by atoms with Gasteiger partial charge in [-0.15, -0.1) is 0 Å². The Morgan fingerprint density at radius 3 is 2.77 bits per heavy atom. The lowest BCUT2D eigenvalue weighted by Gasteiger charge is -2.39. The summed E-state index contributed by atoms with van der Waals surface area (Å²) in [6, 6.07) is 6.44. The van der Waals surface area contributed by atoms with Crippen LogP contribution in [0.4, 0.5) is 4.39 Å². The number of benzene rings is 1. The largest absolute Gasteiger partial charge is 0.481 e. The normalized spacial score (nSPS) is 20.8. The van der Waals surface area contributed by atoms with Gasteiger partial charge >= 0.3 is 5.97 Å². The Labute approximate surface area is 180 Å². The molecule has 0 aliphatic carbocycles. The second-order valence-electron chi connectivity index (χ2n) is 8.42. The number of halogens is 1. The molecule has 1 aromatic heterocycles. The van der Waals surface area contributed by atoms with Gasteiger partial charge in [-0.3, -0.25) is 9.69 Å². The number of aryl methyl sites for hydroxylation is 1. The highest BCUT2D eigenvalue weighted by Crippen LogP contribution is 2.39. The zero-order valence-electron chi connectivity index (χ0n) is 17.6. The molecule has 164 valence electrons. The average molecular weight is 426 g/mol. The molecule has 1 aromatic carbocycles. The van der Waals surface area contributed by atoms with Gasteiger partial charge in [-0.25, -0.2) is 9.07 Å². The molecular formula is C23H27FN4O3. The number of piperidine rings is 1. The number of carboxylic acid groups (broad SMARTS) is 1. The van der Waals surface area contributed by atoms with Crippen molar-refractivity contribution >= 4 is 17.9 Å². The van der Waals surface area contributed by atoms with Crippen molar-refractivity contribution in [2.75, 3.05) is 13.1 Å². The third kappa shape index (κ3) is 4.39. The first-order valence-electron chi connectivity index (χ1n) is 10.5. The van der Waals surface area contributed by atoms with Crippen LogP contribution in [0.25, 0.3) is 6.20 Å². The standard InChI is InChI=1S/C23H27FN4O3/c1-3-28-15-17(16(2)25-28)14-27-10-8-23(9-11-27,22(29)30)13-18-12-21(26-31-18)19-6-4-5-7-20(19)24/h3-7,15,18H,1,8-14H2,2H3,(H,29,30)/t18-/m1/s1. The minimum atomic E-state index is -0.859. The smallest absolute Gasteiger partial charge is 0.309 e. The van der Waals surface area contributed by atoms with Crippen molar-refractivity contribution in [1.82, 2.24) is 14.7 Å². The van der Waals surface area contributed by atoms with Crippen LogP contribution in [0.2, 0.25) is 0 Å². The molecule has 0 amide bonds. The van der Waals surface area contributed by atoms with Crippen LogP contribution in [0.1, 0.15) is 42.5 Å². The van der Waals surface area contributed by atoms with Gasteiger partial charge in [0.15, 0.2) is 0 Å². The molecule has 2 aliphatic heterocycles. The van der Waals surface area contributed by atoms with Crippen molar-refractivity contribution in [1.29, 1.82) is 0 Å². The summed E-state index contributed by atoms with van der Waals surface area (Å²) in [5.74, 6) is -1.15. The lowest BCUT2D eigenvalue weighted by molar-refractivity contribution is -0.155. The second kappa shape index (κ2) is 8.63. The number of hydrogen-bond donors (Lipinski definition) is 1.